The Balaban J connectivity index is 2.54. The highest BCUT2D eigenvalue weighted by Gasteiger charge is 2.35. The molecule has 0 amide bonds. The summed E-state index contributed by atoms with van der Waals surface area (Å²) in [6, 6.07) is 0. The van der Waals surface area contributed by atoms with Gasteiger partial charge in [-0.3, -0.25) is 0 Å². The third kappa shape index (κ3) is 1.26. The van der Waals surface area contributed by atoms with Gasteiger partial charge in [-0.2, -0.15) is 0 Å². The topological polar surface area (TPSA) is 40.5 Å². The summed E-state index contributed by atoms with van der Waals surface area (Å²) in [5.41, 5.74) is 0.602. The number of hydrogen-bond acceptors (Lipinski definition) is 2. The molecule has 9 heavy (non-hydrogen) atoms. The summed E-state index contributed by atoms with van der Waals surface area (Å²) in [4.78, 5) is 0. The molecule has 1 fully saturated rings. The molecule has 54 valence electrons. The molecule has 0 unspecified atom stereocenters. The van der Waals surface area contributed by atoms with E-state index in [9.17, 15) is 10.2 Å². The van der Waals surface area contributed by atoms with Crippen LogP contribution in [0.25, 0.3) is 0 Å². The van der Waals surface area contributed by atoms with Crippen molar-refractivity contribution in [2.75, 3.05) is 0 Å². The lowest BCUT2D eigenvalue weighted by Crippen LogP contribution is -2.30. The molecule has 0 aromatic carbocycles. The lowest BCUT2D eigenvalue weighted by atomic mass is 10.1. The van der Waals surface area contributed by atoms with Gasteiger partial charge >= 0.3 is 0 Å². The van der Waals surface area contributed by atoms with Gasteiger partial charge in [-0.05, 0) is 0 Å². The first-order valence-corrected chi connectivity index (χ1v) is 4.40. The molecule has 0 aliphatic carbocycles. The van der Waals surface area contributed by atoms with Gasteiger partial charge in [0.25, 0.3) is 0 Å². The van der Waals surface area contributed by atoms with E-state index in [2.05, 4.69) is 0 Å². The third-order valence-corrected chi connectivity index (χ3v) is 3.63. The van der Waals surface area contributed by atoms with Gasteiger partial charge in [0.2, 0.25) is 0 Å². The molecule has 2 nitrogen and oxygen atoms in total. The summed E-state index contributed by atoms with van der Waals surface area (Å²) in [7, 11) is 0.717. The van der Waals surface area contributed by atoms with Crippen LogP contribution in [-0.2, 0) is 0 Å². The zero-order chi connectivity index (χ0) is 7.02. The van der Waals surface area contributed by atoms with Gasteiger partial charge < -0.3 is 10.2 Å². The minimum absolute atomic E-state index is 0.301. The van der Waals surface area contributed by atoms with Crippen LogP contribution < -0.4 is 0 Å². The van der Waals surface area contributed by atoms with Gasteiger partial charge in [-0.25, -0.2) is 0 Å². The molecule has 1 saturated heterocycles. The molecular formula is C6H13O2P. The highest BCUT2D eigenvalue weighted by molar-refractivity contribution is 7.40. The Hall–Kier alpha value is 0.350. The molecule has 0 radical (unpaired) electrons. The Labute approximate surface area is 57.1 Å². The van der Waals surface area contributed by atoms with Crippen molar-refractivity contribution in [1.29, 1.82) is 0 Å². The standard InChI is InChI=1S/C6H13O2P/c1-3-5(7)6(8)4(2)9-3/h3-9H,1-2H3/t3-,4-,5+,6+/m0/s1. The number of hydrogen-bond donors (Lipinski definition) is 2. The zero-order valence-corrected chi connectivity index (χ0v) is 6.70. The van der Waals surface area contributed by atoms with Crippen LogP contribution in [-0.4, -0.2) is 33.7 Å². The molecule has 1 heterocycles. The predicted octanol–water partition coefficient (Wildman–Crippen LogP) is 0.177. The van der Waals surface area contributed by atoms with E-state index in [0.29, 0.717) is 19.9 Å². The van der Waals surface area contributed by atoms with Gasteiger partial charge in [-0.1, -0.05) is 13.8 Å². The van der Waals surface area contributed by atoms with Crippen LogP contribution in [0.15, 0.2) is 0 Å². The first-order chi connectivity index (χ1) is 4.13. The maximum Gasteiger partial charge on any atom is 0.0867 e. The van der Waals surface area contributed by atoms with E-state index in [-0.39, 0.29) is 0 Å². The van der Waals surface area contributed by atoms with E-state index in [1.807, 2.05) is 13.8 Å². The number of aliphatic hydroxyl groups is 2. The van der Waals surface area contributed by atoms with E-state index in [4.69, 9.17) is 0 Å². The fraction of sp³-hybridized carbons (Fsp3) is 1.00. The molecule has 2 N–H and O–H groups in total. The van der Waals surface area contributed by atoms with Gasteiger partial charge in [0.05, 0.1) is 12.2 Å². The Bertz CT molecular complexity index is 95.2. The first kappa shape index (κ1) is 7.46. The summed E-state index contributed by atoms with van der Waals surface area (Å²) < 4.78 is 0. The smallest absolute Gasteiger partial charge is 0.0867 e. The quantitative estimate of drug-likeness (QED) is 0.481. The van der Waals surface area contributed by atoms with E-state index >= 15 is 0 Å². The van der Waals surface area contributed by atoms with Crippen molar-refractivity contribution >= 4 is 8.58 Å². The normalized spacial score (nSPS) is 54.7. The van der Waals surface area contributed by atoms with E-state index < -0.39 is 12.2 Å². The molecule has 0 aromatic heterocycles. The molecule has 1 aliphatic heterocycles. The van der Waals surface area contributed by atoms with Crippen molar-refractivity contribution in [1.82, 2.24) is 0 Å². The van der Waals surface area contributed by atoms with Crippen molar-refractivity contribution < 1.29 is 10.2 Å². The minimum Gasteiger partial charge on any atom is -0.390 e. The molecule has 4 atom stereocenters. The predicted molar refractivity (Wildman–Crippen MR) is 39.3 cm³/mol. The zero-order valence-electron chi connectivity index (χ0n) is 5.70. The van der Waals surface area contributed by atoms with Crippen molar-refractivity contribution in [2.24, 2.45) is 0 Å². The van der Waals surface area contributed by atoms with Crippen LogP contribution in [0.4, 0.5) is 0 Å². The average Bonchev–Trinajstić information content (AvgIpc) is 1.98. The molecule has 3 heteroatoms. The SMILES string of the molecule is C[C@@H]1P[C@@H](C)[C@@H](O)[C@@H]1O. The van der Waals surface area contributed by atoms with Crippen LogP contribution in [0, 0.1) is 0 Å². The second kappa shape index (κ2) is 2.53. The summed E-state index contributed by atoms with van der Waals surface area (Å²) in [5, 5.41) is 18.4. The fourth-order valence-corrected chi connectivity index (χ4v) is 2.82. The van der Waals surface area contributed by atoms with Crippen LogP contribution in [0.1, 0.15) is 13.8 Å². The summed E-state index contributed by atoms with van der Waals surface area (Å²) in [6.07, 6.45) is -0.948. The van der Waals surface area contributed by atoms with Gasteiger partial charge in [0, 0.05) is 11.3 Å². The number of rotatable bonds is 0. The molecule has 0 saturated carbocycles. The fourth-order valence-electron chi connectivity index (χ4n) is 1.20. The summed E-state index contributed by atoms with van der Waals surface area (Å²) in [6.45, 7) is 3.96. The van der Waals surface area contributed by atoms with E-state index in [0.717, 1.165) is 0 Å². The molecule has 1 rings (SSSR count). The van der Waals surface area contributed by atoms with Crippen molar-refractivity contribution in [3.05, 3.63) is 0 Å². The monoisotopic (exact) mass is 148 g/mol. The lowest BCUT2D eigenvalue weighted by Gasteiger charge is -2.11. The molecule has 1 aliphatic rings. The summed E-state index contributed by atoms with van der Waals surface area (Å²) in [5.74, 6) is 0. The van der Waals surface area contributed by atoms with Gasteiger partial charge in [0.15, 0.2) is 0 Å². The highest BCUT2D eigenvalue weighted by atomic mass is 31.1. The number of aliphatic hydroxyl groups excluding tert-OH is 2. The van der Waals surface area contributed by atoms with Crippen molar-refractivity contribution in [2.45, 2.75) is 37.4 Å². The van der Waals surface area contributed by atoms with Gasteiger partial charge in [-0.15, -0.1) is 8.58 Å². The van der Waals surface area contributed by atoms with Crippen LogP contribution in [0.2, 0.25) is 0 Å². The Morgan fingerprint density at radius 2 is 1.33 bits per heavy atom. The molecule has 0 aromatic rings. The van der Waals surface area contributed by atoms with Crippen LogP contribution in [0.3, 0.4) is 0 Å². The molecule has 0 spiro atoms. The minimum atomic E-state index is -0.474. The van der Waals surface area contributed by atoms with Crippen molar-refractivity contribution in [3.63, 3.8) is 0 Å². The second-order valence-electron chi connectivity index (χ2n) is 2.73. The third-order valence-electron chi connectivity index (χ3n) is 1.90. The Kier molecular flexibility index (Phi) is 2.10. The average molecular weight is 148 g/mol. The Morgan fingerprint density at radius 3 is 1.44 bits per heavy atom. The van der Waals surface area contributed by atoms with Crippen LogP contribution in [0.5, 0.6) is 0 Å². The molecular weight excluding hydrogens is 135 g/mol. The van der Waals surface area contributed by atoms with Crippen molar-refractivity contribution in [3.8, 4) is 0 Å². The summed E-state index contributed by atoms with van der Waals surface area (Å²) >= 11 is 0. The molecule has 0 bridgehead atoms. The Morgan fingerprint density at radius 1 is 1.00 bits per heavy atom. The van der Waals surface area contributed by atoms with E-state index in [1.54, 1.807) is 0 Å². The maximum absolute atomic E-state index is 9.19. The lowest BCUT2D eigenvalue weighted by molar-refractivity contribution is 0.0327. The van der Waals surface area contributed by atoms with E-state index in [1.165, 1.54) is 0 Å². The highest BCUT2D eigenvalue weighted by Crippen LogP contribution is 2.39. The maximum atomic E-state index is 9.19. The largest absolute Gasteiger partial charge is 0.390 e. The first-order valence-electron chi connectivity index (χ1n) is 3.25. The van der Waals surface area contributed by atoms with Crippen LogP contribution >= 0.6 is 8.58 Å². The second-order valence-corrected chi connectivity index (χ2v) is 4.88. The van der Waals surface area contributed by atoms with Gasteiger partial charge in [0.1, 0.15) is 0 Å².